The topological polar surface area (TPSA) is 46.6 Å². The molecule has 0 N–H and O–H groups in total. The van der Waals surface area contributed by atoms with Gasteiger partial charge in [0.15, 0.2) is 0 Å². The lowest BCUT2D eigenvalue weighted by Gasteiger charge is -2.39. The molecule has 1 saturated heterocycles. The number of ether oxygens (including phenoxy) is 1. The molecule has 4 rings (SSSR count). The maximum atomic E-state index is 12.7. The predicted molar refractivity (Wildman–Crippen MR) is 108 cm³/mol. The molecule has 0 spiro atoms. The number of nitrogens with zero attached hydrogens (tertiary/aromatic N) is 1. The molecule has 1 fully saturated rings. The summed E-state index contributed by atoms with van der Waals surface area (Å²) in [6.07, 6.45) is 2.76. The molecule has 2 atom stereocenters. The molecular weight excluding hydrogens is 350 g/mol. The summed E-state index contributed by atoms with van der Waals surface area (Å²) < 4.78 is 5.92. The van der Waals surface area contributed by atoms with Crippen molar-refractivity contribution < 1.29 is 14.3 Å². The standard InChI is InChI=1S/C24H27NO3/c1-24(2)16-18(13-15-28-24)19(17-8-4-3-5-9-17)12-14-25-22(26)20-10-6-7-11-21(20)23(25)27/h3-11,18-19H,12-16H2,1-2H3/t18-,19+/m0/s1. The van der Waals surface area contributed by atoms with E-state index in [0.717, 1.165) is 25.9 Å². The van der Waals surface area contributed by atoms with Crippen molar-refractivity contribution in [2.75, 3.05) is 13.2 Å². The molecule has 2 amide bonds. The van der Waals surface area contributed by atoms with Crippen LogP contribution in [0.2, 0.25) is 0 Å². The second-order valence-corrected chi connectivity index (χ2v) is 8.47. The fourth-order valence-corrected chi connectivity index (χ4v) is 4.71. The van der Waals surface area contributed by atoms with E-state index in [1.54, 1.807) is 12.1 Å². The third kappa shape index (κ3) is 3.61. The molecule has 0 radical (unpaired) electrons. The average Bonchev–Trinajstić information content (AvgIpc) is 2.93. The molecule has 2 aromatic carbocycles. The summed E-state index contributed by atoms with van der Waals surface area (Å²) in [6.45, 7) is 5.49. The van der Waals surface area contributed by atoms with Gasteiger partial charge in [0, 0.05) is 13.2 Å². The van der Waals surface area contributed by atoms with Crippen molar-refractivity contribution in [3.05, 3.63) is 71.3 Å². The summed E-state index contributed by atoms with van der Waals surface area (Å²) in [6, 6.07) is 17.6. The number of hydrogen-bond donors (Lipinski definition) is 0. The number of rotatable bonds is 5. The maximum Gasteiger partial charge on any atom is 0.261 e. The molecule has 0 unspecified atom stereocenters. The lowest BCUT2D eigenvalue weighted by atomic mass is 9.75. The maximum absolute atomic E-state index is 12.7. The third-order valence-electron chi connectivity index (χ3n) is 6.07. The minimum Gasteiger partial charge on any atom is -0.376 e. The third-order valence-corrected chi connectivity index (χ3v) is 6.07. The molecule has 2 heterocycles. The number of benzene rings is 2. The van der Waals surface area contributed by atoms with E-state index >= 15 is 0 Å². The molecule has 2 aromatic rings. The molecule has 146 valence electrons. The second-order valence-electron chi connectivity index (χ2n) is 8.47. The van der Waals surface area contributed by atoms with Crippen LogP contribution in [0.1, 0.15) is 65.3 Å². The van der Waals surface area contributed by atoms with Crippen LogP contribution in [0.25, 0.3) is 0 Å². The molecule has 0 saturated carbocycles. The summed E-state index contributed by atoms with van der Waals surface area (Å²) in [7, 11) is 0. The van der Waals surface area contributed by atoms with E-state index in [9.17, 15) is 9.59 Å². The van der Waals surface area contributed by atoms with Crippen molar-refractivity contribution in [1.82, 2.24) is 4.90 Å². The first-order valence-electron chi connectivity index (χ1n) is 10.1. The van der Waals surface area contributed by atoms with Gasteiger partial charge in [-0.15, -0.1) is 0 Å². The van der Waals surface area contributed by atoms with Gasteiger partial charge in [0.1, 0.15) is 0 Å². The fourth-order valence-electron chi connectivity index (χ4n) is 4.71. The van der Waals surface area contributed by atoms with E-state index in [2.05, 4.69) is 38.1 Å². The molecule has 4 heteroatoms. The van der Waals surface area contributed by atoms with Crippen LogP contribution in [0.15, 0.2) is 54.6 Å². The highest BCUT2D eigenvalue weighted by molar-refractivity contribution is 6.21. The first kappa shape index (κ1) is 18.9. The van der Waals surface area contributed by atoms with Crippen molar-refractivity contribution in [2.45, 2.75) is 44.6 Å². The highest BCUT2D eigenvalue weighted by atomic mass is 16.5. The van der Waals surface area contributed by atoms with E-state index < -0.39 is 0 Å². The summed E-state index contributed by atoms with van der Waals surface area (Å²) in [5.41, 5.74) is 2.19. The predicted octanol–water partition coefficient (Wildman–Crippen LogP) is 4.66. The summed E-state index contributed by atoms with van der Waals surface area (Å²) in [5.74, 6) is 0.439. The Hall–Kier alpha value is -2.46. The Bertz CT molecular complexity index is 839. The lowest BCUT2D eigenvalue weighted by Crippen LogP contribution is -2.38. The van der Waals surface area contributed by atoms with Gasteiger partial charge in [-0.1, -0.05) is 42.5 Å². The van der Waals surface area contributed by atoms with Gasteiger partial charge in [0.05, 0.1) is 16.7 Å². The second kappa shape index (κ2) is 7.51. The Labute approximate surface area is 166 Å². The Balaban J connectivity index is 1.54. The first-order chi connectivity index (χ1) is 13.5. The van der Waals surface area contributed by atoms with E-state index in [1.807, 2.05) is 18.2 Å². The zero-order valence-corrected chi connectivity index (χ0v) is 16.6. The van der Waals surface area contributed by atoms with Crippen LogP contribution in [0.4, 0.5) is 0 Å². The van der Waals surface area contributed by atoms with Crippen molar-refractivity contribution in [3.8, 4) is 0 Å². The fraction of sp³-hybridized carbons (Fsp3) is 0.417. The number of hydrogen-bond acceptors (Lipinski definition) is 3. The number of carbonyl (C=O) groups excluding carboxylic acids is 2. The first-order valence-corrected chi connectivity index (χ1v) is 10.1. The molecular formula is C24H27NO3. The van der Waals surface area contributed by atoms with Crippen molar-refractivity contribution in [3.63, 3.8) is 0 Å². The Morgan fingerprint density at radius 2 is 1.61 bits per heavy atom. The van der Waals surface area contributed by atoms with Crippen LogP contribution >= 0.6 is 0 Å². The number of fused-ring (bicyclic) bond motifs is 1. The zero-order chi connectivity index (χ0) is 19.7. The van der Waals surface area contributed by atoms with Crippen LogP contribution in [0, 0.1) is 5.92 Å². The molecule has 28 heavy (non-hydrogen) atoms. The number of carbonyl (C=O) groups is 2. The molecule has 0 aliphatic carbocycles. The van der Waals surface area contributed by atoms with Gasteiger partial charge >= 0.3 is 0 Å². The van der Waals surface area contributed by atoms with Gasteiger partial charge in [-0.25, -0.2) is 0 Å². The Morgan fingerprint density at radius 3 is 2.21 bits per heavy atom. The van der Waals surface area contributed by atoms with Crippen LogP contribution in [0.5, 0.6) is 0 Å². The molecule has 0 aromatic heterocycles. The number of amides is 2. The van der Waals surface area contributed by atoms with Gasteiger partial charge in [-0.05, 0) is 62.6 Å². The lowest BCUT2D eigenvalue weighted by molar-refractivity contribution is -0.0774. The quantitative estimate of drug-likeness (QED) is 0.712. The van der Waals surface area contributed by atoms with Crippen molar-refractivity contribution >= 4 is 11.8 Å². The molecule has 4 nitrogen and oxygen atoms in total. The summed E-state index contributed by atoms with van der Waals surface area (Å²) in [5, 5.41) is 0. The molecule has 2 aliphatic heterocycles. The van der Waals surface area contributed by atoms with Crippen molar-refractivity contribution in [2.24, 2.45) is 5.92 Å². The Morgan fingerprint density at radius 1 is 1.00 bits per heavy atom. The van der Waals surface area contributed by atoms with E-state index in [1.165, 1.54) is 10.5 Å². The highest BCUT2D eigenvalue weighted by Gasteiger charge is 2.38. The minimum atomic E-state index is -0.167. The van der Waals surface area contributed by atoms with Crippen LogP contribution < -0.4 is 0 Å². The number of imide groups is 1. The molecule has 2 aliphatic rings. The normalized spacial score (nSPS) is 22.2. The van der Waals surface area contributed by atoms with Crippen LogP contribution in [-0.4, -0.2) is 35.5 Å². The minimum absolute atomic E-state index is 0.133. The molecule has 0 bridgehead atoms. The summed E-state index contributed by atoms with van der Waals surface area (Å²) >= 11 is 0. The largest absolute Gasteiger partial charge is 0.376 e. The highest BCUT2D eigenvalue weighted by Crippen LogP contribution is 2.40. The van der Waals surface area contributed by atoms with Gasteiger partial charge in [-0.2, -0.15) is 0 Å². The van der Waals surface area contributed by atoms with Gasteiger partial charge < -0.3 is 4.74 Å². The van der Waals surface area contributed by atoms with Crippen molar-refractivity contribution in [1.29, 1.82) is 0 Å². The van der Waals surface area contributed by atoms with E-state index in [0.29, 0.717) is 29.5 Å². The summed E-state index contributed by atoms with van der Waals surface area (Å²) in [4.78, 5) is 26.9. The van der Waals surface area contributed by atoms with Crippen LogP contribution in [0.3, 0.4) is 0 Å². The van der Waals surface area contributed by atoms with E-state index in [4.69, 9.17) is 4.74 Å². The average molecular weight is 377 g/mol. The SMILES string of the molecule is CC1(C)C[C@@H]([C@H](CCN2C(=O)c3ccccc3C2=O)c2ccccc2)CCO1. The monoisotopic (exact) mass is 377 g/mol. The van der Waals surface area contributed by atoms with Gasteiger partial charge in [0.25, 0.3) is 11.8 Å². The Kier molecular flexibility index (Phi) is 5.07. The smallest absolute Gasteiger partial charge is 0.261 e. The zero-order valence-electron chi connectivity index (χ0n) is 16.6. The van der Waals surface area contributed by atoms with E-state index in [-0.39, 0.29) is 17.4 Å². The van der Waals surface area contributed by atoms with Gasteiger partial charge in [-0.3, -0.25) is 14.5 Å². The van der Waals surface area contributed by atoms with Gasteiger partial charge in [0.2, 0.25) is 0 Å². The van der Waals surface area contributed by atoms with Crippen LogP contribution in [-0.2, 0) is 4.74 Å².